The first kappa shape index (κ1) is 12.5. The normalized spacial score (nSPS) is 23.8. The van der Waals surface area contributed by atoms with E-state index in [1.54, 1.807) is 6.20 Å². The molecule has 1 fully saturated rings. The van der Waals surface area contributed by atoms with Crippen molar-refractivity contribution in [2.24, 2.45) is 7.05 Å². The van der Waals surface area contributed by atoms with Gasteiger partial charge < -0.3 is 19.4 Å². The van der Waals surface area contributed by atoms with Crippen LogP contribution in [0.2, 0.25) is 0 Å². The van der Waals surface area contributed by atoms with Crippen LogP contribution < -0.4 is 5.32 Å². The van der Waals surface area contributed by atoms with Crippen molar-refractivity contribution in [2.75, 3.05) is 19.7 Å². The number of nitrogens with one attached hydrogen (secondary N) is 1. The highest BCUT2D eigenvalue weighted by atomic mass is 16.5. The summed E-state index contributed by atoms with van der Waals surface area (Å²) in [5, 5.41) is 3.35. The van der Waals surface area contributed by atoms with Gasteiger partial charge in [0.1, 0.15) is 12.4 Å². The van der Waals surface area contributed by atoms with Gasteiger partial charge in [-0.3, -0.25) is 0 Å². The third kappa shape index (κ3) is 3.52. The van der Waals surface area contributed by atoms with E-state index in [9.17, 15) is 0 Å². The van der Waals surface area contributed by atoms with Gasteiger partial charge in [-0.15, -0.1) is 0 Å². The molecule has 0 aromatic carbocycles. The first-order chi connectivity index (χ1) is 8.07. The second-order valence-electron chi connectivity index (χ2n) is 5.10. The Morgan fingerprint density at radius 2 is 2.47 bits per heavy atom. The molecule has 0 bridgehead atoms. The molecule has 0 spiro atoms. The van der Waals surface area contributed by atoms with Crippen LogP contribution in [0.15, 0.2) is 12.4 Å². The van der Waals surface area contributed by atoms with Crippen molar-refractivity contribution >= 4 is 0 Å². The fourth-order valence-electron chi connectivity index (χ4n) is 1.98. The van der Waals surface area contributed by atoms with E-state index in [2.05, 4.69) is 24.1 Å². The summed E-state index contributed by atoms with van der Waals surface area (Å²) in [6, 6.07) is 0. The van der Waals surface area contributed by atoms with E-state index in [0.29, 0.717) is 13.2 Å². The summed E-state index contributed by atoms with van der Waals surface area (Å²) in [5.74, 6) is 0.938. The molecule has 96 valence electrons. The predicted molar refractivity (Wildman–Crippen MR) is 64.7 cm³/mol. The predicted octanol–water partition coefficient (Wildman–Crippen LogP) is 0.704. The Bertz CT molecular complexity index is 362. The largest absolute Gasteiger partial charge is 0.371 e. The van der Waals surface area contributed by atoms with Crippen LogP contribution in [0.1, 0.15) is 19.7 Å². The van der Waals surface area contributed by atoms with Crippen molar-refractivity contribution in [2.45, 2.75) is 32.2 Å². The zero-order chi connectivity index (χ0) is 12.3. The average molecular weight is 239 g/mol. The molecule has 1 unspecified atom stereocenters. The maximum atomic E-state index is 5.91. The molecule has 17 heavy (non-hydrogen) atoms. The Labute approximate surface area is 102 Å². The van der Waals surface area contributed by atoms with E-state index in [-0.39, 0.29) is 11.7 Å². The Hall–Kier alpha value is -0.910. The third-order valence-electron chi connectivity index (χ3n) is 2.86. The Balaban J connectivity index is 1.74. The van der Waals surface area contributed by atoms with Gasteiger partial charge in [0, 0.05) is 32.5 Å². The number of aromatic nitrogens is 2. The number of hydrogen-bond acceptors (Lipinski definition) is 4. The minimum atomic E-state index is -0.102. The topological polar surface area (TPSA) is 48.3 Å². The molecule has 1 N–H and O–H groups in total. The van der Waals surface area contributed by atoms with Gasteiger partial charge in [-0.05, 0) is 13.8 Å². The van der Waals surface area contributed by atoms with E-state index in [4.69, 9.17) is 9.47 Å². The zero-order valence-electron chi connectivity index (χ0n) is 10.8. The molecule has 1 aromatic heterocycles. The summed E-state index contributed by atoms with van der Waals surface area (Å²) in [7, 11) is 1.97. The van der Waals surface area contributed by atoms with Gasteiger partial charge in [-0.1, -0.05) is 0 Å². The third-order valence-corrected chi connectivity index (χ3v) is 2.86. The van der Waals surface area contributed by atoms with Gasteiger partial charge in [0.05, 0.1) is 18.3 Å². The second kappa shape index (κ2) is 5.16. The Kier molecular flexibility index (Phi) is 3.81. The number of aryl methyl sites for hydroxylation is 1. The zero-order valence-corrected chi connectivity index (χ0v) is 10.8. The SMILES string of the molecule is Cn1ccnc1COCC1CNCC(C)(C)O1. The van der Waals surface area contributed by atoms with Crippen molar-refractivity contribution in [1.82, 2.24) is 14.9 Å². The van der Waals surface area contributed by atoms with Crippen LogP contribution in [-0.2, 0) is 23.1 Å². The van der Waals surface area contributed by atoms with Gasteiger partial charge in [-0.2, -0.15) is 0 Å². The standard InChI is InChI=1S/C12H21N3O2/c1-12(2)9-13-6-10(17-12)7-16-8-11-14-4-5-15(11)3/h4-5,10,13H,6-9H2,1-3H3. The molecule has 1 aliphatic rings. The Morgan fingerprint density at radius 1 is 1.65 bits per heavy atom. The molecule has 2 heterocycles. The van der Waals surface area contributed by atoms with E-state index in [1.165, 1.54) is 0 Å². The van der Waals surface area contributed by atoms with Crippen molar-refractivity contribution < 1.29 is 9.47 Å². The van der Waals surface area contributed by atoms with Gasteiger partial charge >= 0.3 is 0 Å². The van der Waals surface area contributed by atoms with Gasteiger partial charge in [0.2, 0.25) is 0 Å². The molecule has 5 heteroatoms. The quantitative estimate of drug-likeness (QED) is 0.840. The van der Waals surface area contributed by atoms with Crippen molar-refractivity contribution in [1.29, 1.82) is 0 Å². The van der Waals surface area contributed by atoms with Crippen LogP contribution in [0.5, 0.6) is 0 Å². The summed E-state index contributed by atoms with van der Waals surface area (Å²) in [4.78, 5) is 4.21. The molecule has 5 nitrogen and oxygen atoms in total. The van der Waals surface area contributed by atoms with Gasteiger partial charge in [0.25, 0.3) is 0 Å². The Morgan fingerprint density at radius 3 is 3.12 bits per heavy atom. The van der Waals surface area contributed by atoms with Crippen molar-refractivity contribution in [3.63, 3.8) is 0 Å². The van der Waals surface area contributed by atoms with Crippen LogP contribution in [0.3, 0.4) is 0 Å². The number of morpholine rings is 1. The smallest absolute Gasteiger partial charge is 0.134 e. The minimum absolute atomic E-state index is 0.102. The average Bonchev–Trinajstić information content (AvgIpc) is 2.63. The van der Waals surface area contributed by atoms with Crippen molar-refractivity contribution in [3.8, 4) is 0 Å². The highest BCUT2D eigenvalue weighted by Gasteiger charge is 2.28. The molecule has 1 aromatic rings. The monoisotopic (exact) mass is 239 g/mol. The molecule has 1 aliphatic heterocycles. The van der Waals surface area contributed by atoms with Crippen LogP contribution in [-0.4, -0.2) is 41.0 Å². The summed E-state index contributed by atoms with van der Waals surface area (Å²) in [6.45, 7) is 7.05. The summed E-state index contributed by atoms with van der Waals surface area (Å²) >= 11 is 0. The number of imidazole rings is 1. The lowest BCUT2D eigenvalue weighted by molar-refractivity contribution is -0.122. The molecule has 1 saturated heterocycles. The molecule has 0 radical (unpaired) electrons. The van der Waals surface area contributed by atoms with Crippen LogP contribution in [0.4, 0.5) is 0 Å². The van der Waals surface area contributed by atoms with Crippen LogP contribution in [0.25, 0.3) is 0 Å². The first-order valence-corrected chi connectivity index (χ1v) is 5.99. The molecular weight excluding hydrogens is 218 g/mol. The highest BCUT2D eigenvalue weighted by molar-refractivity contribution is 4.89. The number of hydrogen-bond donors (Lipinski definition) is 1. The van der Waals surface area contributed by atoms with Crippen LogP contribution >= 0.6 is 0 Å². The van der Waals surface area contributed by atoms with Crippen molar-refractivity contribution in [3.05, 3.63) is 18.2 Å². The van der Waals surface area contributed by atoms with E-state index in [0.717, 1.165) is 18.9 Å². The fourth-order valence-corrected chi connectivity index (χ4v) is 1.98. The molecular formula is C12H21N3O2. The van der Waals surface area contributed by atoms with E-state index in [1.807, 2.05) is 17.8 Å². The first-order valence-electron chi connectivity index (χ1n) is 5.99. The number of nitrogens with zero attached hydrogens (tertiary/aromatic N) is 2. The maximum Gasteiger partial charge on any atom is 0.134 e. The highest BCUT2D eigenvalue weighted by Crippen LogP contribution is 2.15. The lowest BCUT2D eigenvalue weighted by atomic mass is 10.1. The number of rotatable bonds is 4. The number of ether oxygens (including phenoxy) is 2. The summed E-state index contributed by atoms with van der Waals surface area (Å²) < 4.78 is 13.5. The van der Waals surface area contributed by atoms with Crippen LogP contribution in [0, 0.1) is 0 Å². The molecule has 1 atom stereocenters. The van der Waals surface area contributed by atoms with E-state index >= 15 is 0 Å². The second-order valence-corrected chi connectivity index (χ2v) is 5.10. The fraction of sp³-hybridized carbons (Fsp3) is 0.750. The molecule has 0 saturated carbocycles. The van der Waals surface area contributed by atoms with E-state index < -0.39 is 0 Å². The lowest BCUT2D eigenvalue weighted by Crippen LogP contribution is -2.51. The molecule has 0 amide bonds. The summed E-state index contributed by atoms with van der Waals surface area (Å²) in [6.07, 6.45) is 3.82. The maximum absolute atomic E-state index is 5.91. The lowest BCUT2D eigenvalue weighted by Gasteiger charge is -2.36. The van der Waals surface area contributed by atoms with Gasteiger partial charge in [0.15, 0.2) is 0 Å². The molecule has 0 aliphatic carbocycles. The summed E-state index contributed by atoms with van der Waals surface area (Å²) in [5.41, 5.74) is -0.102. The van der Waals surface area contributed by atoms with Gasteiger partial charge in [-0.25, -0.2) is 4.98 Å². The minimum Gasteiger partial charge on any atom is -0.371 e. The molecule has 2 rings (SSSR count).